The highest BCUT2D eigenvalue weighted by Gasteiger charge is 2.12. The van der Waals surface area contributed by atoms with Gasteiger partial charge in [0.05, 0.1) is 6.54 Å². The molecule has 0 fully saturated rings. The van der Waals surface area contributed by atoms with Gasteiger partial charge in [-0.15, -0.1) is 0 Å². The minimum absolute atomic E-state index is 0.0416. The van der Waals surface area contributed by atoms with Crippen LogP contribution in [0.5, 0.6) is 0 Å². The van der Waals surface area contributed by atoms with Crippen molar-refractivity contribution >= 4 is 5.96 Å². The quantitative estimate of drug-likeness (QED) is 0.672. The van der Waals surface area contributed by atoms with Gasteiger partial charge in [0.25, 0.3) is 0 Å². The van der Waals surface area contributed by atoms with Crippen LogP contribution < -0.4 is 10.6 Å². The van der Waals surface area contributed by atoms with Crippen LogP contribution in [0.1, 0.15) is 33.4 Å². The van der Waals surface area contributed by atoms with E-state index in [2.05, 4.69) is 41.4 Å². The summed E-state index contributed by atoms with van der Waals surface area (Å²) in [5.41, 5.74) is 1.74. The molecule has 1 heterocycles. The predicted molar refractivity (Wildman–Crippen MR) is 89.6 cm³/mol. The Balaban J connectivity index is 2.06. The van der Waals surface area contributed by atoms with Gasteiger partial charge in [0.2, 0.25) is 5.89 Å². The van der Waals surface area contributed by atoms with E-state index >= 15 is 0 Å². The maximum absolute atomic E-state index is 5.52. The Bertz CT molecular complexity index is 611. The number of nitrogens with zero attached hydrogens (tertiary/aromatic N) is 2. The normalized spacial score (nSPS) is 12.3. The second-order valence-corrected chi connectivity index (χ2v) is 6.08. The molecule has 118 valence electrons. The molecule has 2 aromatic rings. The number of nitrogens with one attached hydrogen (secondary N) is 2. The van der Waals surface area contributed by atoms with E-state index in [1.54, 1.807) is 6.26 Å². The smallest absolute Gasteiger partial charge is 0.226 e. The molecule has 0 aliphatic carbocycles. The lowest BCUT2D eigenvalue weighted by Gasteiger charge is -2.23. The Kier molecular flexibility index (Phi) is 5.20. The third-order valence-corrected chi connectivity index (χ3v) is 2.81. The molecule has 0 saturated carbocycles. The zero-order chi connectivity index (χ0) is 16.0. The van der Waals surface area contributed by atoms with Crippen LogP contribution in [0.3, 0.4) is 0 Å². The summed E-state index contributed by atoms with van der Waals surface area (Å²) < 4.78 is 5.52. The molecule has 5 heteroatoms. The van der Waals surface area contributed by atoms with Crippen LogP contribution in [0.2, 0.25) is 0 Å². The van der Waals surface area contributed by atoms with Crippen LogP contribution in [0.25, 0.3) is 11.5 Å². The van der Waals surface area contributed by atoms with Crippen LogP contribution in [0.4, 0.5) is 0 Å². The van der Waals surface area contributed by atoms with Crippen LogP contribution >= 0.6 is 0 Å². The molecule has 0 unspecified atom stereocenters. The van der Waals surface area contributed by atoms with Gasteiger partial charge in [-0.25, -0.2) is 9.98 Å². The van der Waals surface area contributed by atoms with Gasteiger partial charge >= 0.3 is 0 Å². The van der Waals surface area contributed by atoms with Crippen molar-refractivity contribution < 1.29 is 4.42 Å². The van der Waals surface area contributed by atoms with Crippen molar-refractivity contribution in [3.8, 4) is 11.5 Å². The van der Waals surface area contributed by atoms with E-state index in [4.69, 9.17) is 4.42 Å². The van der Waals surface area contributed by atoms with E-state index in [1.807, 2.05) is 37.3 Å². The molecular formula is C17H24N4O. The fourth-order valence-corrected chi connectivity index (χ4v) is 1.92. The van der Waals surface area contributed by atoms with Crippen molar-refractivity contribution in [1.82, 2.24) is 15.6 Å². The average Bonchev–Trinajstić information content (AvgIpc) is 2.93. The Morgan fingerprint density at radius 1 is 1.23 bits per heavy atom. The minimum Gasteiger partial charge on any atom is -0.444 e. The van der Waals surface area contributed by atoms with E-state index in [9.17, 15) is 0 Å². The topological polar surface area (TPSA) is 62.5 Å². The highest BCUT2D eigenvalue weighted by Crippen LogP contribution is 2.18. The molecule has 0 aliphatic heterocycles. The summed E-state index contributed by atoms with van der Waals surface area (Å²) in [6.07, 6.45) is 1.66. The molecule has 0 radical (unpaired) electrons. The summed E-state index contributed by atoms with van der Waals surface area (Å²) >= 11 is 0. The monoisotopic (exact) mass is 300 g/mol. The molecule has 5 nitrogen and oxygen atoms in total. The van der Waals surface area contributed by atoms with Crippen LogP contribution in [0.15, 0.2) is 46.0 Å². The van der Waals surface area contributed by atoms with Crippen molar-refractivity contribution in [2.24, 2.45) is 4.99 Å². The lowest BCUT2D eigenvalue weighted by atomic mass is 10.1. The molecule has 0 saturated heterocycles. The number of hydrogen-bond donors (Lipinski definition) is 2. The Hall–Kier alpha value is -2.30. The van der Waals surface area contributed by atoms with E-state index < -0.39 is 0 Å². The predicted octanol–water partition coefficient (Wildman–Crippen LogP) is 3.20. The molecule has 2 N–H and O–H groups in total. The third kappa shape index (κ3) is 4.91. The van der Waals surface area contributed by atoms with E-state index in [-0.39, 0.29) is 5.54 Å². The first-order chi connectivity index (χ1) is 10.5. The van der Waals surface area contributed by atoms with Crippen LogP contribution in [0, 0.1) is 0 Å². The van der Waals surface area contributed by atoms with Crippen molar-refractivity contribution in [3.63, 3.8) is 0 Å². The lowest BCUT2D eigenvalue weighted by molar-refractivity contribution is 0.501. The first-order valence-electron chi connectivity index (χ1n) is 7.54. The number of aromatic nitrogens is 1. The standard InChI is InChI=1S/C17H24N4O/c1-5-18-16(21-17(2,3)4)19-11-14-12-22-15(20-14)13-9-7-6-8-10-13/h6-10,12H,5,11H2,1-4H3,(H2,18,19,21). The number of rotatable bonds is 4. The first-order valence-corrected chi connectivity index (χ1v) is 7.54. The van der Waals surface area contributed by atoms with Gasteiger partial charge in [0.1, 0.15) is 12.0 Å². The Morgan fingerprint density at radius 2 is 1.95 bits per heavy atom. The highest BCUT2D eigenvalue weighted by atomic mass is 16.3. The molecule has 0 spiro atoms. The molecule has 1 aromatic heterocycles. The zero-order valence-corrected chi connectivity index (χ0v) is 13.7. The average molecular weight is 300 g/mol. The van der Waals surface area contributed by atoms with E-state index in [1.165, 1.54) is 0 Å². The maximum atomic E-state index is 5.52. The Labute approximate surface area is 131 Å². The molecule has 0 atom stereocenters. The number of guanidine groups is 1. The number of aliphatic imine (C=N–C) groups is 1. The van der Waals surface area contributed by atoms with Crippen molar-refractivity contribution in [1.29, 1.82) is 0 Å². The molecule has 2 rings (SSSR count). The summed E-state index contributed by atoms with van der Waals surface area (Å²) in [4.78, 5) is 9.03. The zero-order valence-electron chi connectivity index (χ0n) is 13.7. The molecule has 22 heavy (non-hydrogen) atoms. The van der Waals surface area contributed by atoms with Crippen molar-refractivity contribution in [2.45, 2.75) is 39.8 Å². The van der Waals surface area contributed by atoms with Crippen LogP contribution in [-0.2, 0) is 6.54 Å². The van der Waals surface area contributed by atoms with Gasteiger partial charge in [0.15, 0.2) is 5.96 Å². The fraction of sp³-hybridized carbons (Fsp3) is 0.412. The molecule has 0 bridgehead atoms. The third-order valence-electron chi connectivity index (χ3n) is 2.81. The van der Waals surface area contributed by atoms with Gasteiger partial charge in [-0.1, -0.05) is 18.2 Å². The van der Waals surface area contributed by atoms with E-state index in [0.29, 0.717) is 12.4 Å². The van der Waals surface area contributed by atoms with Gasteiger partial charge in [-0.3, -0.25) is 0 Å². The SMILES string of the molecule is CCNC(=NCc1coc(-c2ccccc2)n1)NC(C)(C)C. The van der Waals surface area contributed by atoms with Crippen LogP contribution in [-0.4, -0.2) is 23.0 Å². The van der Waals surface area contributed by atoms with E-state index in [0.717, 1.165) is 23.8 Å². The largest absolute Gasteiger partial charge is 0.444 e. The summed E-state index contributed by atoms with van der Waals surface area (Å²) in [7, 11) is 0. The summed E-state index contributed by atoms with van der Waals surface area (Å²) in [6, 6.07) is 9.86. The van der Waals surface area contributed by atoms with Crippen molar-refractivity contribution in [2.75, 3.05) is 6.54 Å². The summed E-state index contributed by atoms with van der Waals surface area (Å²) in [6.45, 7) is 9.64. The molecule has 0 amide bonds. The molecular weight excluding hydrogens is 276 g/mol. The lowest BCUT2D eigenvalue weighted by Crippen LogP contribution is -2.47. The minimum atomic E-state index is -0.0416. The van der Waals surface area contributed by atoms with Gasteiger partial charge in [0, 0.05) is 17.6 Å². The number of oxazole rings is 1. The summed E-state index contributed by atoms with van der Waals surface area (Å²) in [5, 5.41) is 6.57. The first kappa shape index (κ1) is 16.1. The molecule has 1 aromatic carbocycles. The van der Waals surface area contributed by atoms with Gasteiger partial charge in [-0.2, -0.15) is 0 Å². The van der Waals surface area contributed by atoms with Gasteiger partial charge < -0.3 is 15.1 Å². The second kappa shape index (κ2) is 7.11. The van der Waals surface area contributed by atoms with Crippen molar-refractivity contribution in [3.05, 3.63) is 42.3 Å². The number of benzene rings is 1. The maximum Gasteiger partial charge on any atom is 0.226 e. The van der Waals surface area contributed by atoms with Gasteiger partial charge in [-0.05, 0) is 39.8 Å². The number of hydrogen-bond acceptors (Lipinski definition) is 3. The Morgan fingerprint density at radius 3 is 2.59 bits per heavy atom. The fourth-order valence-electron chi connectivity index (χ4n) is 1.92. The second-order valence-electron chi connectivity index (χ2n) is 6.08. The summed E-state index contributed by atoms with van der Waals surface area (Å²) in [5.74, 6) is 1.40. The molecule has 0 aliphatic rings. The highest BCUT2D eigenvalue weighted by molar-refractivity contribution is 5.80.